The van der Waals surface area contributed by atoms with Gasteiger partial charge in [-0.3, -0.25) is 0 Å². The number of hydrogen-bond donors (Lipinski definition) is 0. The lowest BCUT2D eigenvalue weighted by molar-refractivity contribution is 0.670. The monoisotopic (exact) mass is 775 g/mol. The minimum Gasteiger partial charge on any atom is -0.455 e. The third kappa shape index (κ3) is 4.79. The first kappa shape index (κ1) is 34.0. The molecule has 1 aromatic heterocycles. The molecule has 13 rings (SSSR count). The maximum Gasteiger partial charge on any atom is 0.143 e. The van der Waals surface area contributed by atoms with Gasteiger partial charge in [0.25, 0.3) is 0 Å². The summed E-state index contributed by atoms with van der Waals surface area (Å²) in [7, 11) is 0. The molecule has 1 spiro atoms. The molecule has 0 amide bonds. The van der Waals surface area contributed by atoms with Gasteiger partial charge in [0.2, 0.25) is 0 Å². The minimum atomic E-state index is -0.467. The molecule has 2 aliphatic rings. The maximum atomic E-state index is 6.61. The Hall–Kier alpha value is -7.94. The van der Waals surface area contributed by atoms with Gasteiger partial charge in [-0.05, 0) is 103 Å². The van der Waals surface area contributed by atoms with Crippen molar-refractivity contribution in [2.24, 2.45) is 0 Å². The Kier molecular flexibility index (Phi) is 7.26. The fourth-order valence-corrected chi connectivity index (χ4v) is 10.8. The van der Waals surface area contributed by atoms with Gasteiger partial charge in [-0.2, -0.15) is 0 Å². The summed E-state index contributed by atoms with van der Waals surface area (Å²) in [5.74, 6) is 0. The molecule has 0 N–H and O–H groups in total. The largest absolute Gasteiger partial charge is 0.455 e. The Morgan fingerprint density at radius 2 is 0.902 bits per heavy atom. The van der Waals surface area contributed by atoms with Crippen LogP contribution >= 0.6 is 0 Å². The van der Waals surface area contributed by atoms with Crippen molar-refractivity contribution in [1.29, 1.82) is 0 Å². The molecule has 0 saturated carbocycles. The second-order valence-corrected chi connectivity index (χ2v) is 16.3. The average Bonchev–Trinajstić information content (AvgIpc) is 3.96. The number of fused-ring (bicyclic) bond motifs is 14. The maximum absolute atomic E-state index is 6.61. The number of hydrogen-bond acceptors (Lipinski definition) is 2. The van der Waals surface area contributed by atoms with Gasteiger partial charge >= 0.3 is 0 Å². The zero-order valence-corrected chi connectivity index (χ0v) is 33.2. The first-order chi connectivity index (χ1) is 30.3. The molecule has 0 radical (unpaired) electrons. The van der Waals surface area contributed by atoms with E-state index in [1.807, 2.05) is 6.07 Å². The van der Waals surface area contributed by atoms with Crippen LogP contribution < -0.4 is 4.90 Å². The standard InChI is InChI=1S/C59H37NO/c1-2-17-39(18-3-1)57-43-21-5-4-16-38(43)32-35-55(57)60(41-20-14-19-40(36-41)44-26-15-27-50-49-25-9-13-31-56(49)61-58(44)50)42-33-34-48-47-24-8-12-30-53(47)59(54(48)37-42)51-28-10-6-22-45(51)46-23-7-11-29-52(46)59/h1-37H. The second kappa shape index (κ2) is 13.0. The smallest absolute Gasteiger partial charge is 0.143 e. The molecular formula is C59H37NO. The summed E-state index contributed by atoms with van der Waals surface area (Å²) in [6.07, 6.45) is 0. The van der Waals surface area contributed by atoms with Crippen molar-refractivity contribution >= 4 is 49.8 Å². The summed E-state index contributed by atoms with van der Waals surface area (Å²) in [4.78, 5) is 2.49. The normalized spacial score (nSPS) is 13.0. The summed E-state index contributed by atoms with van der Waals surface area (Å²) >= 11 is 0. The summed E-state index contributed by atoms with van der Waals surface area (Å²) in [6.45, 7) is 0. The van der Waals surface area contributed by atoms with E-state index in [1.165, 1.54) is 66.4 Å². The molecule has 2 heteroatoms. The van der Waals surface area contributed by atoms with E-state index in [2.05, 4.69) is 223 Å². The lowest BCUT2D eigenvalue weighted by Gasteiger charge is -2.33. The van der Waals surface area contributed by atoms with Crippen LogP contribution in [0.4, 0.5) is 17.1 Å². The summed E-state index contributed by atoms with van der Waals surface area (Å²) in [6, 6.07) is 82.4. The van der Waals surface area contributed by atoms with Crippen LogP contribution in [0.15, 0.2) is 229 Å². The van der Waals surface area contributed by atoms with Gasteiger partial charge in [-0.1, -0.05) is 188 Å². The highest BCUT2D eigenvalue weighted by Gasteiger charge is 2.51. The van der Waals surface area contributed by atoms with E-state index in [-0.39, 0.29) is 0 Å². The number of benzene rings is 10. The van der Waals surface area contributed by atoms with Gasteiger partial charge in [0, 0.05) is 33.3 Å². The SMILES string of the molecule is c1ccc(-c2c(N(c3cccc(-c4cccc5c4oc4ccccc45)c3)c3ccc4c(c3)C3(c5ccccc5-c5ccccc53)c3ccccc3-4)ccc3ccccc23)cc1. The van der Waals surface area contributed by atoms with Gasteiger partial charge < -0.3 is 9.32 Å². The summed E-state index contributed by atoms with van der Waals surface area (Å²) < 4.78 is 6.61. The molecule has 0 saturated heterocycles. The second-order valence-electron chi connectivity index (χ2n) is 16.3. The van der Waals surface area contributed by atoms with Crippen LogP contribution in [0.3, 0.4) is 0 Å². The molecule has 0 bridgehead atoms. The Labute approximate surface area is 354 Å². The van der Waals surface area contributed by atoms with Crippen molar-refractivity contribution in [2.75, 3.05) is 4.90 Å². The average molecular weight is 776 g/mol. The molecular weight excluding hydrogens is 739 g/mol. The molecule has 2 aliphatic carbocycles. The molecule has 0 unspecified atom stereocenters. The summed E-state index contributed by atoms with van der Waals surface area (Å²) in [5, 5.41) is 4.67. The zero-order valence-electron chi connectivity index (χ0n) is 33.2. The van der Waals surface area contributed by atoms with Gasteiger partial charge in [-0.25, -0.2) is 0 Å². The molecule has 2 nitrogen and oxygen atoms in total. The number of rotatable bonds is 5. The third-order valence-corrected chi connectivity index (χ3v) is 13.3. The lowest BCUT2D eigenvalue weighted by Crippen LogP contribution is -2.26. The first-order valence-electron chi connectivity index (χ1n) is 21.1. The van der Waals surface area contributed by atoms with Crippen LogP contribution in [0.1, 0.15) is 22.3 Å². The fraction of sp³-hybridized carbons (Fsp3) is 0.0169. The number of furan rings is 1. The highest BCUT2D eigenvalue weighted by atomic mass is 16.3. The van der Waals surface area contributed by atoms with Gasteiger partial charge in [-0.15, -0.1) is 0 Å². The molecule has 10 aromatic carbocycles. The van der Waals surface area contributed by atoms with E-state index in [0.29, 0.717) is 0 Å². The van der Waals surface area contributed by atoms with Gasteiger partial charge in [0.1, 0.15) is 11.2 Å². The van der Waals surface area contributed by atoms with Crippen molar-refractivity contribution in [3.8, 4) is 44.5 Å². The van der Waals surface area contributed by atoms with Crippen LogP contribution in [0, 0.1) is 0 Å². The molecule has 61 heavy (non-hydrogen) atoms. The topological polar surface area (TPSA) is 16.4 Å². The number of para-hydroxylation sites is 2. The van der Waals surface area contributed by atoms with Gasteiger partial charge in [0.15, 0.2) is 0 Å². The van der Waals surface area contributed by atoms with Crippen LogP contribution in [0.2, 0.25) is 0 Å². The number of nitrogens with zero attached hydrogens (tertiary/aromatic N) is 1. The molecule has 1 heterocycles. The highest BCUT2D eigenvalue weighted by molar-refractivity contribution is 6.10. The third-order valence-electron chi connectivity index (χ3n) is 13.3. The lowest BCUT2D eigenvalue weighted by atomic mass is 9.70. The highest BCUT2D eigenvalue weighted by Crippen LogP contribution is 2.63. The Morgan fingerprint density at radius 1 is 0.344 bits per heavy atom. The molecule has 0 fully saturated rings. The Balaban J connectivity index is 1.10. The van der Waals surface area contributed by atoms with Crippen molar-refractivity contribution in [3.05, 3.63) is 247 Å². The Morgan fingerprint density at radius 3 is 1.66 bits per heavy atom. The van der Waals surface area contributed by atoms with Crippen molar-refractivity contribution in [2.45, 2.75) is 5.41 Å². The van der Waals surface area contributed by atoms with Crippen LogP contribution in [0.5, 0.6) is 0 Å². The molecule has 11 aromatic rings. The van der Waals surface area contributed by atoms with Crippen LogP contribution in [0.25, 0.3) is 77.2 Å². The van der Waals surface area contributed by atoms with E-state index >= 15 is 0 Å². The van der Waals surface area contributed by atoms with E-state index in [1.54, 1.807) is 0 Å². The van der Waals surface area contributed by atoms with Crippen molar-refractivity contribution < 1.29 is 4.42 Å². The molecule has 0 aliphatic heterocycles. The Bertz CT molecular complexity index is 3490. The first-order valence-corrected chi connectivity index (χ1v) is 21.1. The van der Waals surface area contributed by atoms with Crippen LogP contribution in [-0.2, 0) is 5.41 Å². The molecule has 284 valence electrons. The predicted molar refractivity (Wildman–Crippen MR) is 253 cm³/mol. The van der Waals surface area contributed by atoms with Gasteiger partial charge in [0.05, 0.1) is 11.1 Å². The van der Waals surface area contributed by atoms with E-state index in [9.17, 15) is 0 Å². The number of anilines is 3. The molecule has 0 atom stereocenters. The van der Waals surface area contributed by atoms with E-state index in [0.717, 1.165) is 50.1 Å². The predicted octanol–water partition coefficient (Wildman–Crippen LogP) is 15.9. The van der Waals surface area contributed by atoms with E-state index < -0.39 is 5.41 Å². The quantitative estimate of drug-likeness (QED) is 0.173. The summed E-state index contributed by atoms with van der Waals surface area (Å²) in [5.41, 5.74) is 19.6. The van der Waals surface area contributed by atoms with Crippen molar-refractivity contribution in [3.63, 3.8) is 0 Å². The van der Waals surface area contributed by atoms with Crippen LogP contribution in [-0.4, -0.2) is 0 Å². The van der Waals surface area contributed by atoms with Crippen molar-refractivity contribution in [1.82, 2.24) is 0 Å². The zero-order chi connectivity index (χ0) is 40.1. The minimum absolute atomic E-state index is 0.467. The fourth-order valence-electron chi connectivity index (χ4n) is 10.8. The van der Waals surface area contributed by atoms with E-state index in [4.69, 9.17) is 4.42 Å².